The van der Waals surface area contributed by atoms with Gasteiger partial charge in [0.15, 0.2) is 0 Å². The molecule has 0 amide bonds. The van der Waals surface area contributed by atoms with Crippen LogP contribution in [0.25, 0.3) is 11.6 Å². The summed E-state index contributed by atoms with van der Waals surface area (Å²) in [7, 11) is 0. The van der Waals surface area contributed by atoms with Crippen molar-refractivity contribution in [2.45, 2.75) is 6.54 Å². The predicted molar refractivity (Wildman–Crippen MR) is 95.9 cm³/mol. The van der Waals surface area contributed by atoms with Crippen molar-refractivity contribution in [3.63, 3.8) is 0 Å². The molecular formula is C21H17NO2. The number of hydrogen-bond acceptors (Lipinski definition) is 3. The Hall–Kier alpha value is -3.04. The minimum absolute atomic E-state index is 0.194. The maximum absolute atomic E-state index is 9.76. The highest BCUT2D eigenvalue weighted by Gasteiger charge is 2.21. The summed E-state index contributed by atoms with van der Waals surface area (Å²) in [4.78, 5) is 0. The van der Waals surface area contributed by atoms with Crippen molar-refractivity contribution >= 4 is 11.6 Å². The summed E-state index contributed by atoms with van der Waals surface area (Å²) in [6.07, 6.45) is 2.14. The SMILES string of the molecule is NCc1ccc(/C=C2\c3ccccc3Oc3cc(O)ccc32)cc1. The third-order valence-electron chi connectivity index (χ3n) is 4.18. The van der Waals surface area contributed by atoms with E-state index in [9.17, 15) is 5.11 Å². The Morgan fingerprint density at radius 3 is 2.42 bits per heavy atom. The molecule has 3 aromatic carbocycles. The first-order valence-electron chi connectivity index (χ1n) is 7.86. The smallest absolute Gasteiger partial charge is 0.138 e. The van der Waals surface area contributed by atoms with E-state index < -0.39 is 0 Å². The van der Waals surface area contributed by atoms with Gasteiger partial charge in [0.1, 0.15) is 17.2 Å². The van der Waals surface area contributed by atoms with Crippen LogP contribution in [0.2, 0.25) is 0 Å². The number of benzene rings is 3. The van der Waals surface area contributed by atoms with Gasteiger partial charge in [-0.15, -0.1) is 0 Å². The zero-order chi connectivity index (χ0) is 16.5. The lowest BCUT2D eigenvalue weighted by Gasteiger charge is -2.23. The van der Waals surface area contributed by atoms with Gasteiger partial charge in [-0.05, 0) is 41.0 Å². The summed E-state index contributed by atoms with van der Waals surface area (Å²) in [6, 6.07) is 21.3. The molecule has 0 spiro atoms. The Kier molecular flexibility index (Phi) is 3.56. The number of fused-ring (bicyclic) bond motifs is 2. The molecule has 118 valence electrons. The third-order valence-corrected chi connectivity index (χ3v) is 4.18. The van der Waals surface area contributed by atoms with Gasteiger partial charge in [0.25, 0.3) is 0 Å². The molecule has 0 aromatic heterocycles. The zero-order valence-corrected chi connectivity index (χ0v) is 13.1. The summed E-state index contributed by atoms with van der Waals surface area (Å²) in [5.74, 6) is 1.65. The van der Waals surface area contributed by atoms with Gasteiger partial charge in [-0.2, -0.15) is 0 Å². The topological polar surface area (TPSA) is 55.5 Å². The molecule has 0 aliphatic carbocycles. The van der Waals surface area contributed by atoms with E-state index in [2.05, 4.69) is 18.2 Å². The Bertz CT molecular complexity index is 927. The van der Waals surface area contributed by atoms with Crippen LogP contribution in [0.15, 0.2) is 66.7 Å². The highest BCUT2D eigenvalue weighted by Crippen LogP contribution is 2.45. The van der Waals surface area contributed by atoms with E-state index in [1.165, 1.54) is 0 Å². The van der Waals surface area contributed by atoms with E-state index in [4.69, 9.17) is 10.5 Å². The average molecular weight is 315 g/mol. The molecule has 3 aromatic rings. The number of hydrogen-bond donors (Lipinski definition) is 2. The van der Waals surface area contributed by atoms with E-state index in [-0.39, 0.29) is 5.75 Å². The molecule has 1 aliphatic rings. The Morgan fingerprint density at radius 2 is 1.62 bits per heavy atom. The first-order chi connectivity index (χ1) is 11.7. The van der Waals surface area contributed by atoms with Gasteiger partial charge in [0.05, 0.1) is 0 Å². The lowest BCUT2D eigenvalue weighted by Crippen LogP contribution is -2.02. The molecule has 4 rings (SSSR count). The molecule has 0 fully saturated rings. The second-order valence-electron chi connectivity index (χ2n) is 5.78. The van der Waals surface area contributed by atoms with Crippen molar-refractivity contribution in [3.05, 3.63) is 89.0 Å². The van der Waals surface area contributed by atoms with Crippen LogP contribution in [0.5, 0.6) is 17.2 Å². The van der Waals surface area contributed by atoms with E-state index in [0.29, 0.717) is 12.3 Å². The summed E-state index contributed by atoms with van der Waals surface area (Å²) in [6.45, 7) is 0.537. The monoisotopic (exact) mass is 315 g/mol. The van der Waals surface area contributed by atoms with Crippen molar-refractivity contribution in [2.24, 2.45) is 5.73 Å². The molecule has 0 saturated carbocycles. The molecule has 3 nitrogen and oxygen atoms in total. The molecule has 0 atom stereocenters. The first kappa shape index (κ1) is 14.5. The lowest BCUT2D eigenvalue weighted by atomic mass is 9.92. The van der Waals surface area contributed by atoms with Crippen LogP contribution in [0.1, 0.15) is 22.3 Å². The van der Waals surface area contributed by atoms with Crippen molar-refractivity contribution in [1.29, 1.82) is 0 Å². The van der Waals surface area contributed by atoms with E-state index in [0.717, 1.165) is 33.6 Å². The van der Waals surface area contributed by atoms with Crippen molar-refractivity contribution in [2.75, 3.05) is 0 Å². The lowest BCUT2D eigenvalue weighted by molar-refractivity contribution is 0.451. The standard InChI is InChI=1S/C21H17NO2/c22-13-15-7-5-14(6-8-15)11-19-17-3-1-2-4-20(17)24-21-12-16(23)9-10-18(19)21/h1-12,23H,13,22H2/b19-11+. The van der Waals surface area contributed by atoms with Crippen molar-refractivity contribution in [3.8, 4) is 17.2 Å². The quantitative estimate of drug-likeness (QED) is 0.571. The number of ether oxygens (including phenoxy) is 1. The molecule has 1 heterocycles. The highest BCUT2D eigenvalue weighted by molar-refractivity contribution is 5.96. The van der Waals surface area contributed by atoms with Gasteiger partial charge in [0, 0.05) is 23.7 Å². The molecule has 3 heteroatoms. The maximum atomic E-state index is 9.76. The Labute approximate surface area is 140 Å². The molecule has 3 N–H and O–H groups in total. The minimum Gasteiger partial charge on any atom is -0.508 e. The molecule has 0 bridgehead atoms. The van der Waals surface area contributed by atoms with Crippen LogP contribution in [0, 0.1) is 0 Å². The van der Waals surface area contributed by atoms with Crippen LogP contribution < -0.4 is 10.5 Å². The number of phenolic OH excluding ortho intramolecular Hbond substituents is 1. The predicted octanol–water partition coefficient (Wildman–Crippen LogP) is 4.55. The molecule has 0 radical (unpaired) electrons. The maximum Gasteiger partial charge on any atom is 0.138 e. The average Bonchev–Trinajstić information content (AvgIpc) is 2.62. The Balaban J connectivity index is 1.88. The summed E-state index contributed by atoms with van der Waals surface area (Å²) in [5.41, 5.74) is 11.0. The minimum atomic E-state index is 0.194. The highest BCUT2D eigenvalue weighted by atomic mass is 16.5. The fourth-order valence-electron chi connectivity index (χ4n) is 2.93. The van der Waals surface area contributed by atoms with Gasteiger partial charge >= 0.3 is 0 Å². The van der Waals surface area contributed by atoms with Crippen LogP contribution in [-0.4, -0.2) is 5.11 Å². The van der Waals surface area contributed by atoms with Crippen LogP contribution in [0.4, 0.5) is 0 Å². The van der Waals surface area contributed by atoms with Crippen molar-refractivity contribution < 1.29 is 9.84 Å². The van der Waals surface area contributed by atoms with Gasteiger partial charge in [-0.3, -0.25) is 0 Å². The number of rotatable bonds is 2. The van der Waals surface area contributed by atoms with Gasteiger partial charge in [0.2, 0.25) is 0 Å². The second-order valence-corrected chi connectivity index (χ2v) is 5.78. The second kappa shape index (κ2) is 5.87. The van der Waals surface area contributed by atoms with Gasteiger partial charge in [-0.25, -0.2) is 0 Å². The van der Waals surface area contributed by atoms with E-state index >= 15 is 0 Å². The van der Waals surface area contributed by atoms with Gasteiger partial charge in [-0.1, -0.05) is 42.5 Å². The van der Waals surface area contributed by atoms with Gasteiger partial charge < -0.3 is 15.6 Å². The Morgan fingerprint density at radius 1 is 0.875 bits per heavy atom. The fraction of sp³-hybridized carbons (Fsp3) is 0.0476. The normalized spacial score (nSPS) is 14.0. The summed E-state index contributed by atoms with van der Waals surface area (Å²) in [5, 5.41) is 9.76. The summed E-state index contributed by atoms with van der Waals surface area (Å²) < 4.78 is 5.95. The van der Waals surface area contributed by atoms with E-state index in [1.807, 2.05) is 42.5 Å². The van der Waals surface area contributed by atoms with Crippen molar-refractivity contribution in [1.82, 2.24) is 0 Å². The number of nitrogens with two attached hydrogens (primary N) is 1. The largest absolute Gasteiger partial charge is 0.508 e. The van der Waals surface area contributed by atoms with Crippen LogP contribution in [0.3, 0.4) is 0 Å². The fourth-order valence-corrected chi connectivity index (χ4v) is 2.93. The molecule has 24 heavy (non-hydrogen) atoms. The number of para-hydroxylation sites is 1. The van der Waals surface area contributed by atoms with Crippen LogP contribution >= 0.6 is 0 Å². The zero-order valence-electron chi connectivity index (χ0n) is 13.1. The molecule has 0 unspecified atom stereocenters. The number of aromatic hydroxyl groups is 1. The summed E-state index contributed by atoms with van der Waals surface area (Å²) >= 11 is 0. The van der Waals surface area contributed by atoms with E-state index in [1.54, 1.807) is 12.1 Å². The third kappa shape index (κ3) is 2.55. The number of phenols is 1. The van der Waals surface area contributed by atoms with Crippen LogP contribution in [-0.2, 0) is 6.54 Å². The first-order valence-corrected chi connectivity index (χ1v) is 7.86. The molecule has 1 aliphatic heterocycles. The molecular weight excluding hydrogens is 298 g/mol. The molecule has 0 saturated heterocycles.